The summed E-state index contributed by atoms with van der Waals surface area (Å²) in [6.45, 7) is 6.75. The van der Waals surface area contributed by atoms with Gasteiger partial charge < -0.3 is 15.6 Å². The zero-order valence-electron chi connectivity index (χ0n) is 12.6. The van der Waals surface area contributed by atoms with Crippen LogP contribution in [-0.4, -0.2) is 17.7 Å². The van der Waals surface area contributed by atoms with Crippen LogP contribution in [0.1, 0.15) is 55.5 Å². The molecule has 0 aromatic heterocycles. The molecule has 0 spiro atoms. The Balaban J connectivity index is 2.75. The molecule has 0 aliphatic heterocycles. The van der Waals surface area contributed by atoms with Crippen molar-refractivity contribution in [3.05, 3.63) is 23.3 Å². The first-order valence-electron chi connectivity index (χ1n) is 7.25. The number of anilines is 1. The number of benzene rings is 1. The van der Waals surface area contributed by atoms with E-state index in [2.05, 4.69) is 13.8 Å². The summed E-state index contributed by atoms with van der Waals surface area (Å²) >= 11 is 0. The second-order valence-electron chi connectivity index (χ2n) is 5.23. The average molecular weight is 279 g/mol. The Morgan fingerprint density at radius 3 is 2.65 bits per heavy atom. The van der Waals surface area contributed by atoms with Crippen LogP contribution < -0.4 is 10.5 Å². The molecular weight excluding hydrogens is 254 g/mol. The molecule has 4 nitrogen and oxygen atoms in total. The molecule has 0 saturated carbocycles. The van der Waals surface area contributed by atoms with Crippen LogP contribution in [-0.2, 0) is 0 Å². The topological polar surface area (TPSA) is 72.5 Å². The van der Waals surface area contributed by atoms with E-state index in [1.165, 1.54) is 18.9 Å². The number of nitrogen functional groups attached to an aromatic ring is 1. The highest BCUT2D eigenvalue weighted by atomic mass is 16.5. The summed E-state index contributed by atoms with van der Waals surface area (Å²) in [6.07, 6.45) is 4.59. The van der Waals surface area contributed by atoms with Crippen LogP contribution in [0.5, 0.6) is 5.75 Å². The maximum atomic E-state index is 11.1. The average Bonchev–Trinajstić information content (AvgIpc) is 2.42. The Morgan fingerprint density at radius 1 is 1.40 bits per heavy atom. The number of carboxylic acid groups (broad SMARTS) is 1. The molecule has 1 rings (SSSR count). The minimum Gasteiger partial charge on any atom is -0.493 e. The van der Waals surface area contributed by atoms with Gasteiger partial charge in [0.05, 0.1) is 12.2 Å². The van der Waals surface area contributed by atoms with E-state index in [1.54, 1.807) is 13.0 Å². The van der Waals surface area contributed by atoms with Crippen molar-refractivity contribution in [3.63, 3.8) is 0 Å². The Bertz CT molecular complexity index is 457. The highest BCUT2D eigenvalue weighted by Gasteiger charge is 2.13. The van der Waals surface area contributed by atoms with Crippen molar-refractivity contribution in [2.45, 2.75) is 46.5 Å². The van der Waals surface area contributed by atoms with Gasteiger partial charge in [-0.2, -0.15) is 0 Å². The van der Waals surface area contributed by atoms with Gasteiger partial charge in [-0.25, -0.2) is 4.79 Å². The summed E-state index contributed by atoms with van der Waals surface area (Å²) in [7, 11) is 0. The number of rotatable bonds is 8. The molecule has 4 heteroatoms. The van der Waals surface area contributed by atoms with Crippen molar-refractivity contribution in [2.24, 2.45) is 5.92 Å². The molecule has 1 aromatic carbocycles. The number of aromatic carboxylic acids is 1. The zero-order valence-corrected chi connectivity index (χ0v) is 12.6. The Kier molecular flexibility index (Phi) is 6.36. The lowest BCUT2D eigenvalue weighted by atomic mass is 10.0. The molecular formula is C16H25NO3. The van der Waals surface area contributed by atoms with Crippen molar-refractivity contribution in [1.29, 1.82) is 0 Å². The van der Waals surface area contributed by atoms with Gasteiger partial charge in [-0.3, -0.25) is 0 Å². The number of ether oxygens (including phenoxy) is 1. The zero-order chi connectivity index (χ0) is 15.1. The van der Waals surface area contributed by atoms with Crippen LogP contribution in [0.2, 0.25) is 0 Å². The Labute approximate surface area is 120 Å². The minimum atomic E-state index is -1.02. The molecule has 20 heavy (non-hydrogen) atoms. The van der Waals surface area contributed by atoms with Crippen molar-refractivity contribution >= 4 is 11.7 Å². The van der Waals surface area contributed by atoms with Crippen molar-refractivity contribution < 1.29 is 14.6 Å². The molecule has 1 aromatic rings. The summed E-state index contributed by atoms with van der Waals surface area (Å²) in [5.41, 5.74) is 6.92. The second kappa shape index (κ2) is 7.78. The predicted octanol–water partition coefficient (Wildman–Crippen LogP) is 3.87. The van der Waals surface area contributed by atoms with Crippen LogP contribution in [0.3, 0.4) is 0 Å². The number of carbonyl (C=O) groups is 1. The largest absolute Gasteiger partial charge is 0.493 e. The number of nitrogens with two attached hydrogens (primary N) is 1. The van der Waals surface area contributed by atoms with E-state index in [0.29, 0.717) is 24.0 Å². The van der Waals surface area contributed by atoms with E-state index in [0.717, 1.165) is 18.4 Å². The van der Waals surface area contributed by atoms with E-state index >= 15 is 0 Å². The highest BCUT2D eigenvalue weighted by Crippen LogP contribution is 2.25. The number of aryl methyl sites for hydroxylation is 1. The number of hydrogen-bond donors (Lipinski definition) is 2. The minimum absolute atomic E-state index is 0.113. The van der Waals surface area contributed by atoms with Crippen LogP contribution in [0, 0.1) is 12.8 Å². The molecule has 1 unspecified atom stereocenters. The van der Waals surface area contributed by atoms with E-state index in [1.807, 2.05) is 0 Å². The normalized spacial score (nSPS) is 12.2. The third kappa shape index (κ3) is 4.44. The molecule has 0 aliphatic carbocycles. The molecule has 0 heterocycles. The van der Waals surface area contributed by atoms with Gasteiger partial charge in [-0.15, -0.1) is 0 Å². The van der Waals surface area contributed by atoms with Crippen molar-refractivity contribution in [3.8, 4) is 5.75 Å². The summed E-state index contributed by atoms with van der Waals surface area (Å²) in [5, 5.41) is 9.12. The van der Waals surface area contributed by atoms with Crippen LogP contribution in [0.15, 0.2) is 12.1 Å². The summed E-state index contributed by atoms with van der Waals surface area (Å²) < 4.78 is 5.76. The molecule has 3 N–H and O–H groups in total. The van der Waals surface area contributed by atoms with Gasteiger partial charge >= 0.3 is 5.97 Å². The number of unbranched alkanes of at least 4 members (excludes halogenated alkanes) is 1. The SMILES string of the molecule is CCCCC(CC)COc1cc(C)c(N)c(C(=O)O)c1. The Morgan fingerprint density at radius 2 is 2.10 bits per heavy atom. The molecule has 112 valence electrons. The lowest BCUT2D eigenvalue weighted by Gasteiger charge is -2.16. The molecule has 0 aliphatic rings. The fourth-order valence-electron chi connectivity index (χ4n) is 2.14. The van der Waals surface area contributed by atoms with Crippen LogP contribution in [0.4, 0.5) is 5.69 Å². The molecule has 0 radical (unpaired) electrons. The molecule has 0 saturated heterocycles. The van der Waals surface area contributed by atoms with Gasteiger partial charge in [0, 0.05) is 5.69 Å². The summed E-state index contributed by atoms with van der Waals surface area (Å²) in [5.74, 6) is 0.0826. The van der Waals surface area contributed by atoms with E-state index in [-0.39, 0.29) is 5.56 Å². The predicted molar refractivity (Wildman–Crippen MR) is 81.4 cm³/mol. The van der Waals surface area contributed by atoms with Gasteiger partial charge in [0.25, 0.3) is 0 Å². The van der Waals surface area contributed by atoms with E-state index in [9.17, 15) is 4.79 Å². The number of carboxylic acids is 1. The van der Waals surface area contributed by atoms with Gasteiger partial charge in [0.15, 0.2) is 0 Å². The van der Waals surface area contributed by atoms with E-state index in [4.69, 9.17) is 15.6 Å². The molecule has 0 amide bonds. The van der Waals surface area contributed by atoms with Gasteiger partial charge in [-0.05, 0) is 37.0 Å². The molecule has 0 bridgehead atoms. The third-order valence-corrected chi connectivity index (χ3v) is 3.62. The number of hydrogen-bond acceptors (Lipinski definition) is 3. The van der Waals surface area contributed by atoms with Crippen molar-refractivity contribution in [1.82, 2.24) is 0 Å². The van der Waals surface area contributed by atoms with Gasteiger partial charge in [-0.1, -0.05) is 33.1 Å². The quantitative estimate of drug-likeness (QED) is 0.708. The summed E-state index contributed by atoms with van der Waals surface area (Å²) in [6, 6.07) is 3.31. The maximum Gasteiger partial charge on any atom is 0.337 e. The van der Waals surface area contributed by atoms with E-state index < -0.39 is 5.97 Å². The van der Waals surface area contributed by atoms with Gasteiger partial charge in [0.1, 0.15) is 5.75 Å². The fraction of sp³-hybridized carbons (Fsp3) is 0.562. The van der Waals surface area contributed by atoms with Crippen LogP contribution in [0.25, 0.3) is 0 Å². The van der Waals surface area contributed by atoms with Crippen LogP contribution >= 0.6 is 0 Å². The fourth-order valence-corrected chi connectivity index (χ4v) is 2.14. The Hall–Kier alpha value is -1.71. The van der Waals surface area contributed by atoms with Gasteiger partial charge in [0.2, 0.25) is 0 Å². The first-order chi connectivity index (χ1) is 9.49. The monoisotopic (exact) mass is 279 g/mol. The first kappa shape index (κ1) is 16.3. The molecule has 0 fully saturated rings. The smallest absolute Gasteiger partial charge is 0.337 e. The molecule has 1 atom stereocenters. The second-order valence-corrected chi connectivity index (χ2v) is 5.23. The highest BCUT2D eigenvalue weighted by molar-refractivity contribution is 5.95. The lowest BCUT2D eigenvalue weighted by Crippen LogP contribution is -2.12. The van der Waals surface area contributed by atoms with Crippen molar-refractivity contribution in [2.75, 3.05) is 12.3 Å². The third-order valence-electron chi connectivity index (χ3n) is 3.62. The standard InChI is InChI=1S/C16H25NO3/c1-4-6-7-12(5-2)10-20-13-8-11(3)15(17)14(9-13)16(18)19/h8-9,12H,4-7,10,17H2,1-3H3,(H,18,19). The maximum absolute atomic E-state index is 11.1. The summed E-state index contributed by atoms with van der Waals surface area (Å²) in [4.78, 5) is 11.1. The first-order valence-corrected chi connectivity index (χ1v) is 7.25. The lowest BCUT2D eigenvalue weighted by molar-refractivity contribution is 0.0697.